The number of carbonyl (C=O) groups is 1. The molecule has 7 heteroatoms. The molecule has 1 aromatic carbocycles. The van der Waals surface area contributed by atoms with Crippen LogP contribution in [-0.2, 0) is 14.6 Å². The van der Waals surface area contributed by atoms with Crippen molar-refractivity contribution in [2.24, 2.45) is 0 Å². The summed E-state index contributed by atoms with van der Waals surface area (Å²) in [5, 5.41) is 2.97. The molecule has 0 aliphatic rings. The van der Waals surface area contributed by atoms with Crippen molar-refractivity contribution in [1.29, 1.82) is 0 Å². The zero-order valence-electron chi connectivity index (χ0n) is 11.1. The largest absolute Gasteiger partial charge is 0.465 e. The fourth-order valence-corrected chi connectivity index (χ4v) is 2.73. The van der Waals surface area contributed by atoms with E-state index in [1.165, 1.54) is 13.4 Å². The summed E-state index contributed by atoms with van der Waals surface area (Å²) in [6.45, 7) is 1.73. The second-order valence-electron chi connectivity index (χ2n) is 4.40. The van der Waals surface area contributed by atoms with E-state index in [1.807, 2.05) is 0 Å². The number of nitrogens with two attached hydrogens (primary N) is 1. The van der Waals surface area contributed by atoms with E-state index in [2.05, 4.69) is 10.1 Å². The van der Waals surface area contributed by atoms with Gasteiger partial charge in [0.2, 0.25) is 0 Å². The third-order valence-electron chi connectivity index (χ3n) is 2.47. The summed E-state index contributed by atoms with van der Waals surface area (Å²) >= 11 is 0. The lowest BCUT2D eigenvalue weighted by molar-refractivity contribution is 0.0602. The lowest BCUT2D eigenvalue weighted by atomic mass is 10.1. The van der Waals surface area contributed by atoms with Crippen LogP contribution < -0.4 is 11.1 Å². The molecule has 19 heavy (non-hydrogen) atoms. The van der Waals surface area contributed by atoms with Crippen molar-refractivity contribution in [3.63, 3.8) is 0 Å². The highest BCUT2D eigenvalue weighted by atomic mass is 32.2. The first kappa shape index (κ1) is 15.3. The predicted molar refractivity (Wildman–Crippen MR) is 75.0 cm³/mol. The highest BCUT2D eigenvalue weighted by Crippen LogP contribution is 2.24. The lowest BCUT2D eigenvalue weighted by Crippen LogP contribution is -2.25. The summed E-state index contributed by atoms with van der Waals surface area (Å²) in [6, 6.07) is 4.57. The zero-order valence-corrected chi connectivity index (χ0v) is 12.0. The molecule has 0 amide bonds. The number of hydrogen-bond acceptors (Lipinski definition) is 6. The molecule has 0 aliphatic carbocycles. The van der Waals surface area contributed by atoms with E-state index in [0.717, 1.165) is 0 Å². The molecule has 1 atom stereocenters. The molecule has 0 saturated carbocycles. The second-order valence-corrected chi connectivity index (χ2v) is 6.58. The van der Waals surface area contributed by atoms with Gasteiger partial charge in [0.25, 0.3) is 0 Å². The van der Waals surface area contributed by atoms with Gasteiger partial charge in [-0.25, -0.2) is 13.2 Å². The monoisotopic (exact) mass is 286 g/mol. The van der Waals surface area contributed by atoms with Gasteiger partial charge in [0.1, 0.15) is 9.84 Å². The first-order chi connectivity index (χ1) is 8.74. The minimum atomic E-state index is -3.08. The quantitative estimate of drug-likeness (QED) is 0.616. The summed E-state index contributed by atoms with van der Waals surface area (Å²) in [5.74, 6) is -0.550. The number of hydrogen-bond donors (Lipinski definition) is 2. The minimum Gasteiger partial charge on any atom is -0.465 e. The summed E-state index contributed by atoms with van der Waals surface area (Å²) in [5.41, 5.74) is 6.87. The van der Waals surface area contributed by atoms with Crippen molar-refractivity contribution >= 4 is 27.2 Å². The van der Waals surface area contributed by atoms with Gasteiger partial charge in [-0.1, -0.05) is 6.07 Å². The molecule has 0 heterocycles. The van der Waals surface area contributed by atoms with Gasteiger partial charge in [-0.15, -0.1) is 0 Å². The molecule has 0 spiro atoms. The van der Waals surface area contributed by atoms with Gasteiger partial charge in [-0.2, -0.15) is 0 Å². The van der Waals surface area contributed by atoms with Crippen LogP contribution in [0.4, 0.5) is 11.4 Å². The van der Waals surface area contributed by atoms with Crippen LogP contribution in [0.15, 0.2) is 18.2 Å². The van der Waals surface area contributed by atoms with Crippen LogP contribution in [0.1, 0.15) is 17.3 Å². The normalized spacial score (nSPS) is 12.8. The van der Waals surface area contributed by atoms with Crippen molar-refractivity contribution < 1.29 is 17.9 Å². The highest BCUT2D eigenvalue weighted by Gasteiger charge is 2.15. The number of nitrogens with one attached hydrogen (secondary N) is 1. The summed E-state index contributed by atoms with van der Waals surface area (Å²) in [6.07, 6.45) is 1.17. The summed E-state index contributed by atoms with van der Waals surface area (Å²) in [4.78, 5) is 11.5. The molecule has 106 valence electrons. The Kier molecular flexibility index (Phi) is 4.77. The van der Waals surface area contributed by atoms with Crippen molar-refractivity contribution in [2.45, 2.75) is 13.0 Å². The molecule has 0 fully saturated rings. The van der Waals surface area contributed by atoms with Crippen LogP contribution in [0.3, 0.4) is 0 Å². The fourth-order valence-electron chi connectivity index (χ4n) is 1.74. The number of rotatable bonds is 5. The van der Waals surface area contributed by atoms with Crippen LogP contribution >= 0.6 is 0 Å². The van der Waals surface area contributed by atoms with E-state index in [-0.39, 0.29) is 23.0 Å². The first-order valence-corrected chi connectivity index (χ1v) is 7.71. The summed E-state index contributed by atoms with van der Waals surface area (Å²) < 4.78 is 27.0. The van der Waals surface area contributed by atoms with Gasteiger partial charge < -0.3 is 15.8 Å². The standard InChI is InChI=1S/C12H18N2O4S/c1-8(7-19(3,16)17)14-10-6-4-5-9(11(10)13)12(15)18-2/h4-6,8,14H,7,13H2,1-3H3. The molecule has 1 rings (SSSR count). The van der Waals surface area contributed by atoms with E-state index >= 15 is 0 Å². The van der Waals surface area contributed by atoms with Crippen LogP contribution in [-0.4, -0.2) is 39.5 Å². The topological polar surface area (TPSA) is 98.5 Å². The van der Waals surface area contributed by atoms with E-state index in [0.29, 0.717) is 5.69 Å². The number of para-hydroxylation sites is 1. The molecule has 6 nitrogen and oxygen atoms in total. The van der Waals surface area contributed by atoms with Crippen molar-refractivity contribution in [2.75, 3.05) is 30.2 Å². The van der Waals surface area contributed by atoms with Crippen molar-refractivity contribution in [3.8, 4) is 0 Å². The van der Waals surface area contributed by atoms with Crippen LogP contribution in [0.2, 0.25) is 0 Å². The Bertz CT molecular complexity index is 569. The number of anilines is 2. The Morgan fingerprint density at radius 2 is 2.11 bits per heavy atom. The Labute approximate surface area is 112 Å². The molecule has 0 aromatic heterocycles. The van der Waals surface area contributed by atoms with Gasteiger partial charge in [0, 0.05) is 12.3 Å². The maximum absolute atomic E-state index is 11.5. The maximum Gasteiger partial charge on any atom is 0.340 e. The predicted octanol–water partition coefficient (Wildman–Crippen LogP) is 0.900. The molecule has 0 bridgehead atoms. The van der Waals surface area contributed by atoms with Crippen LogP contribution in [0.5, 0.6) is 0 Å². The Morgan fingerprint density at radius 3 is 2.63 bits per heavy atom. The van der Waals surface area contributed by atoms with Gasteiger partial charge >= 0.3 is 5.97 Å². The van der Waals surface area contributed by atoms with Crippen LogP contribution in [0.25, 0.3) is 0 Å². The van der Waals surface area contributed by atoms with Crippen molar-refractivity contribution in [1.82, 2.24) is 0 Å². The molecule has 0 aliphatic heterocycles. The SMILES string of the molecule is COC(=O)c1cccc(NC(C)CS(C)(=O)=O)c1N. The van der Waals surface area contributed by atoms with Gasteiger partial charge in [0.05, 0.1) is 29.8 Å². The van der Waals surface area contributed by atoms with Gasteiger partial charge in [0.15, 0.2) is 0 Å². The summed E-state index contributed by atoms with van der Waals surface area (Å²) in [7, 11) is -1.81. The Balaban J connectivity index is 2.94. The molecule has 0 saturated heterocycles. The Morgan fingerprint density at radius 1 is 1.47 bits per heavy atom. The van der Waals surface area contributed by atoms with E-state index < -0.39 is 15.8 Å². The zero-order chi connectivity index (χ0) is 14.6. The molecule has 0 radical (unpaired) electrons. The number of benzene rings is 1. The molecule has 3 N–H and O–H groups in total. The number of nitrogen functional groups attached to an aromatic ring is 1. The average Bonchev–Trinajstić information content (AvgIpc) is 2.28. The van der Waals surface area contributed by atoms with E-state index in [1.54, 1.807) is 25.1 Å². The van der Waals surface area contributed by atoms with Gasteiger partial charge in [-0.3, -0.25) is 0 Å². The highest BCUT2D eigenvalue weighted by molar-refractivity contribution is 7.90. The average molecular weight is 286 g/mol. The minimum absolute atomic E-state index is 0.0190. The van der Waals surface area contributed by atoms with Gasteiger partial charge in [-0.05, 0) is 19.1 Å². The molecule has 1 unspecified atom stereocenters. The molecular weight excluding hydrogens is 268 g/mol. The first-order valence-electron chi connectivity index (χ1n) is 5.65. The second kappa shape index (κ2) is 5.92. The number of methoxy groups -OCH3 is 1. The molecule has 1 aromatic rings. The number of carbonyl (C=O) groups excluding carboxylic acids is 1. The van der Waals surface area contributed by atoms with E-state index in [9.17, 15) is 13.2 Å². The number of ether oxygens (including phenoxy) is 1. The lowest BCUT2D eigenvalue weighted by Gasteiger charge is -2.17. The number of sulfone groups is 1. The number of esters is 1. The smallest absolute Gasteiger partial charge is 0.340 e. The third-order valence-corrected chi connectivity index (χ3v) is 3.57. The maximum atomic E-state index is 11.5. The van der Waals surface area contributed by atoms with Crippen LogP contribution in [0, 0.1) is 0 Å². The Hall–Kier alpha value is -1.76. The van der Waals surface area contributed by atoms with E-state index in [4.69, 9.17) is 5.73 Å². The molecular formula is C12H18N2O4S. The third kappa shape index (κ3) is 4.44. The van der Waals surface area contributed by atoms with Crippen molar-refractivity contribution in [3.05, 3.63) is 23.8 Å². The fraction of sp³-hybridized carbons (Fsp3) is 0.417.